The second-order valence-electron chi connectivity index (χ2n) is 3.48. The number of ketones is 1. The number of halogens is 2. The lowest BCUT2D eigenvalue weighted by Crippen LogP contribution is -2.06. The average molecular weight is 261 g/mol. The van der Waals surface area contributed by atoms with Crippen molar-refractivity contribution in [1.29, 1.82) is 5.26 Å². The molecule has 0 spiro atoms. The second-order valence-corrected chi connectivity index (χ2v) is 3.87. The molecule has 0 aliphatic rings. The smallest absolute Gasteiger partial charge is 0.214 e. The highest BCUT2D eigenvalue weighted by Crippen LogP contribution is 2.15. The lowest BCUT2D eigenvalue weighted by molar-refractivity contribution is 0.103. The highest BCUT2D eigenvalue weighted by atomic mass is 35.5. The van der Waals surface area contributed by atoms with Gasteiger partial charge in [-0.1, -0.05) is 17.7 Å². The van der Waals surface area contributed by atoms with Gasteiger partial charge in [-0.15, -0.1) is 0 Å². The highest BCUT2D eigenvalue weighted by molar-refractivity contribution is 6.29. The minimum atomic E-state index is -0.749. The summed E-state index contributed by atoms with van der Waals surface area (Å²) in [6.45, 7) is 0. The van der Waals surface area contributed by atoms with Gasteiger partial charge >= 0.3 is 0 Å². The molecule has 0 atom stereocenters. The number of hydrogen-bond donors (Lipinski definition) is 0. The fourth-order valence-electron chi connectivity index (χ4n) is 1.44. The Morgan fingerprint density at radius 1 is 1.33 bits per heavy atom. The van der Waals surface area contributed by atoms with E-state index in [0.29, 0.717) is 0 Å². The fraction of sp³-hybridized carbons (Fsp3) is 0. The normalized spacial score (nSPS) is 9.83. The van der Waals surface area contributed by atoms with Crippen molar-refractivity contribution in [1.82, 2.24) is 4.98 Å². The molecule has 18 heavy (non-hydrogen) atoms. The van der Waals surface area contributed by atoms with Crippen LogP contribution in [0, 0.1) is 17.1 Å². The number of benzene rings is 1. The third-order valence-corrected chi connectivity index (χ3v) is 2.50. The van der Waals surface area contributed by atoms with Crippen molar-refractivity contribution in [2.75, 3.05) is 0 Å². The molecule has 1 aromatic heterocycles. The van der Waals surface area contributed by atoms with Crippen LogP contribution in [0.2, 0.25) is 5.15 Å². The van der Waals surface area contributed by atoms with Crippen LogP contribution in [0.1, 0.15) is 21.6 Å². The van der Waals surface area contributed by atoms with Crippen molar-refractivity contribution >= 4 is 17.4 Å². The quantitative estimate of drug-likeness (QED) is 0.616. The molecule has 5 heteroatoms. The molecule has 0 N–H and O–H groups in total. The Labute approximate surface area is 107 Å². The molecular formula is C13H6ClFN2O. The maximum atomic E-state index is 13.6. The summed E-state index contributed by atoms with van der Waals surface area (Å²) in [4.78, 5) is 15.8. The van der Waals surface area contributed by atoms with E-state index in [9.17, 15) is 9.18 Å². The first-order chi connectivity index (χ1) is 8.61. The fourth-order valence-corrected chi connectivity index (χ4v) is 1.61. The summed E-state index contributed by atoms with van der Waals surface area (Å²) in [7, 11) is 0. The Morgan fingerprint density at radius 3 is 2.72 bits per heavy atom. The summed E-state index contributed by atoms with van der Waals surface area (Å²) in [5.41, 5.74) is 0.0815. The van der Waals surface area contributed by atoms with Crippen LogP contribution >= 0.6 is 11.6 Å². The zero-order valence-corrected chi connectivity index (χ0v) is 9.78. The van der Waals surface area contributed by atoms with Gasteiger partial charge in [0.05, 0.1) is 17.2 Å². The van der Waals surface area contributed by atoms with Gasteiger partial charge in [0.25, 0.3) is 0 Å². The van der Waals surface area contributed by atoms with Crippen molar-refractivity contribution < 1.29 is 9.18 Å². The zero-order valence-electron chi connectivity index (χ0n) is 9.02. The third kappa shape index (κ3) is 2.36. The Hall–Kier alpha value is -2.25. The number of carbonyl (C=O) groups is 1. The molecule has 0 saturated heterocycles. The minimum Gasteiger partial charge on any atom is -0.287 e. The molecule has 2 rings (SSSR count). The molecule has 0 saturated carbocycles. The zero-order chi connectivity index (χ0) is 13.1. The van der Waals surface area contributed by atoms with Crippen molar-refractivity contribution in [3.8, 4) is 6.07 Å². The number of nitriles is 1. The van der Waals surface area contributed by atoms with Crippen LogP contribution < -0.4 is 0 Å². The van der Waals surface area contributed by atoms with Gasteiger partial charge in [0.1, 0.15) is 16.7 Å². The summed E-state index contributed by atoms with van der Waals surface area (Å²) in [5.74, 6) is -1.32. The Morgan fingerprint density at radius 2 is 2.11 bits per heavy atom. The largest absolute Gasteiger partial charge is 0.287 e. The van der Waals surface area contributed by atoms with E-state index in [2.05, 4.69) is 4.98 Å². The van der Waals surface area contributed by atoms with Gasteiger partial charge in [-0.2, -0.15) is 5.26 Å². The van der Waals surface area contributed by atoms with Crippen LogP contribution in [0.25, 0.3) is 0 Å². The van der Waals surface area contributed by atoms with Crippen LogP contribution in [0.15, 0.2) is 36.4 Å². The van der Waals surface area contributed by atoms with E-state index in [0.717, 1.165) is 6.07 Å². The number of aromatic nitrogens is 1. The first-order valence-corrected chi connectivity index (χ1v) is 5.36. The molecule has 0 aliphatic carbocycles. The molecular weight excluding hydrogens is 255 g/mol. The van der Waals surface area contributed by atoms with Gasteiger partial charge in [0.2, 0.25) is 5.78 Å². The van der Waals surface area contributed by atoms with Crippen molar-refractivity contribution in [2.45, 2.75) is 0 Å². The number of hydrogen-bond acceptors (Lipinski definition) is 3. The monoisotopic (exact) mass is 260 g/mol. The molecule has 0 aliphatic heterocycles. The number of carbonyl (C=O) groups excluding carboxylic acids is 1. The van der Waals surface area contributed by atoms with Crippen LogP contribution in [-0.4, -0.2) is 10.8 Å². The molecule has 1 heterocycles. The van der Waals surface area contributed by atoms with Crippen LogP contribution in [0.4, 0.5) is 4.39 Å². The first kappa shape index (κ1) is 12.2. The number of rotatable bonds is 2. The standard InChI is InChI=1S/C13H6ClFN2O/c14-12-3-1-2-11(17-12)13(18)9-5-4-8(7-16)6-10(9)15/h1-6H. The Kier molecular flexibility index (Phi) is 3.35. The summed E-state index contributed by atoms with van der Waals surface area (Å²) >= 11 is 5.66. The summed E-state index contributed by atoms with van der Waals surface area (Å²) in [6.07, 6.45) is 0. The van der Waals surface area contributed by atoms with Gasteiger partial charge in [-0.3, -0.25) is 4.79 Å². The molecule has 1 aromatic carbocycles. The predicted molar refractivity (Wildman–Crippen MR) is 63.8 cm³/mol. The highest BCUT2D eigenvalue weighted by Gasteiger charge is 2.15. The van der Waals surface area contributed by atoms with E-state index in [4.69, 9.17) is 16.9 Å². The lowest BCUT2D eigenvalue weighted by Gasteiger charge is -2.02. The molecule has 0 fully saturated rings. The van der Waals surface area contributed by atoms with E-state index >= 15 is 0 Å². The topological polar surface area (TPSA) is 53.8 Å². The van der Waals surface area contributed by atoms with Gasteiger partial charge in [-0.05, 0) is 30.3 Å². The van der Waals surface area contributed by atoms with E-state index in [1.165, 1.54) is 24.3 Å². The van der Waals surface area contributed by atoms with Crippen molar-refractivity contribution in [2.24, 2.45) is 0 Å². The minimum absolute atomic E-state index is 0.0612. The van der Waals surface area contributed by atoms with Gasteiger partial charge in [0.15, 0.2) is 0 Å². The van der Waals surface area contributed by atoms with E-state index in [-0.39, 0.29) is 22.0 Å². The van der Waals surface area contributed by atoms with Crippen molar-refractivity contribution in [3.05, 3.63) is 64.2 Å². The van der Waals surface area contributed by atoms with Crippen LogP contribution in [0.3, 0.4) is 0 Å². The van der Waals surface area contributed by atoms with E-state index in [1.807, 2.05) is 0 Å². The van der Waals surface area contributed by atoms with Gasteiger partial charge in [0, 0.05) is 0 Å². The Bertz CT molecular complexity index is 664. The number of pyridine rings is 1. The summed E-state index contributed by atoms with van der Waals surface area (Å²) in [5, 5.41) is 8.78. The average Bonchev–Trinajstić information content (AvgIpc) is 2.37. The SMILES string of the molecule is N#Cc1ccc(C(=O)c2cccc(Cl)n2)c(F)c1. The maximum absolute atomic E-state index is 13.6. The molecule has 0 amide bonds. The van der Waals surface area contributed by atoms with E-state index in [1.54, 1.807) is 12.1 Å². The van der Waals surface area contributed by atoms with Gasteiger partial charge in [-0.25, -0.2) is 9.37 Å². The van der Waals surface area contributed by atoms with Crippen LogP contribution in [-0.2, 0) is 0 Å². The second kappa shape index (κ2) is 4.94. The van der Waals surface area contributed by atoms with Crippen LogP contribution in [0.5, 0.6) is 0 Å². The molecule has 88 valence electrons. The van der Waals surface area contributed by atoms with E-state index < -0.39 is 11.6 Å². The molecule has 0 radical (unpaired) electrons. The predicted octanol–water partition coefficient (Wildman–Crippen LogP) is 2.98. The molecule has 3 nitrogen and oxygen atoms in total. The maximum Gasteiger partial charge on any atom is 0.214 e. The lowest BCUT2D eigenvalue weighted by atomic mass is 10.1. The summed E-state index contributed by atoms with van der Waals surface area (Å²) in [6, 6.07) is 9.98. The van der Waals surface area contributed by atoms with Crippen molar-refractivity contribution in [3.63, 3.8) is 0 Å². The van der Waals surface area contributed by atoms with Gasteiger partial charge < -0.3 is 0 Å². The Balaban J connectivity index is 2.44. The molecule has 0 unspecified atom stereocenters. The third-order valence-electron chi connectivity index (χ3n) is 2.29. The first-order valence-electron chi connectivity index (χ1n) is 4.98. The molecule has 0 bridgehead atoms. The molecule has 2 aromatic rings. The summed E-state index contributed by atoms with van der Waals surface area (Å²) < 4.78 is 13.6. The number of nitrogens with zero attached hydrogens (tertiary/aromatic N) is 2.